The Morgan fingerprint density at radius 1 is 2.00 bits per heavy atom. The van der Waals surface area contributed by atoms with Crippen molar-refractivity contribution in [3.63, 3.8) is 0 Å². The van der Waals surface area contributed by atoms with Crippen molar-refractivity contribution in [2.45, 2.75) is 0 Å². The van der Waals surface area contributed by atoms with Gasteiger partial charge in [-0.1, -0.05) is 0 Å². The first-order valence-corrected chi connectivity index (χ1v) is 1.55. The zero-order valence-electron chi connectivity index (χ0n) is 3.67. The Labute approximate surface area is 82.5 Å². The maximum absolute atomic E-state index is 8.56. The van der Waals surface area contributed by atoms with E-state index in [4.69, 9.17) is 13.3 Å². The molecule has 3 nitrogen and oxygen atoms in total. The van der Waals surface area contributed by atoms with Crippen LogP contribution in [0.25, 0.3) is 0 Å². The molecule has 0 aromatic carbocycles. The standard InChI is InChI=1S/H2O3S.Rb.H/c1-4(2)3;;/h(H2,1,2,3);;/q;+1;-1/p-1. The van der Waals surface area contributed by atoms with Gasteiger partial charge >= 0.3 is 58.2 Å². The average Bonchev–Trinajstić information content (AvgIpc) is 0.811. The molecule has 5 heavy (non-hydrogen) atoms. The summed E-state index contributed by atoms with van der Waals surface area (Å²) in [6.45, 7) is 0. The van der Waals surface area contributed by atoms with Crippen molar-refractivity contribution in [1.29, 1.82) is 0 Å². The normalized spacial score (nSPS) is 12.4. The van der Waals surface area contributed by atoms with Gasteiger partial charge in [-0.2, -0.15) is 0 Å². The van der Waals surface area contributed by atoms with E-state index in [1.54, 1.807) is 0 Å². The van der Waals surface area contributed by atoms with E-state index < -0.39 is 11.4 Å². The molecule has 0 aromatic rings. The van der Waals surface area contributed by atoms with Gasteiger partial charge < -0.3 is 10.5 Å². The molecule has 0 amide bonds. The van der Waals surface area contributed by atoms with Crippen LogP contribution in [-0.4, -0.2) is 13.3 Å². The molecule has 0 rings (SSSR count). The molecule has 0 saturated carbocycles. The second-order valence-electron chi connectivity index (χ2n) is 0.217. The van der Waals surface area contributed by atoms with E-state index in [0.717, 1.165) is 0 Å². The molecule has 1 unspecified atom stereocenters. The van der Waals surface area contributed by atoms with Crippen LogP contribution in [-0.2, 0) is 11.4 Å². The Balaban J connectivity index is -0.0000000450. The van der Waals surface area contributed by atoms with Gasteiger partial charge in [0.1, 0.15) is 0 Å². The van der Waals surface area contributed by atoms with Gasteiger partial charge in [-0.15, -0.1) is 0 Å². The number of rotatable bonds is 0. The second kappa shape index (κ2) is 5.88. The molecule has 0 spiro atoms. The van der Waals surface area contributed by atoms with E-state index in [1.165, 1.54) is 0 Å². The Morgan fingerprint density at radius 2 is 2.00 bits per heavy atom. The van der Waals surface area contributed by atoms with Crippen LogP contribution in [0.3, 0.4) is 0 Å². The first-order valence-electron chi connectivity index (χ1n) is 0.516. The Kier molecular flexibility index (Phi) is 11.7. The van der Waals surface area contributed by atoms with Crippen molar-refractivity contribution in [1.82, 2.24) is 0 Å². The zero-order valence-corrected chi connectivity index (χ0v) is 8.40. The summed E-state index contributed by atoms with van der Waals surface area (Å²) < 4.78 is 24.1. The fraction of sp³-hybridized carbons (Fsp3) is 0. The van der Waals surface area contributed by atoms with Gasteiger partial charge in [0.25, 0.3) is 0 Å². The van der Waals surface area contributed by atoms with Crippen LogP contribution in [0.5, 0.6) is 0 Å². The summed E-state index contributed by atoms with van der Waals surface area (Å²) in [4.78, 5) is 0. The second-order valence-corrected chi connectivity index (χ2v) is 0.651. The van der Waals surface area contributed by atoms with Crippen LogP contribution < -0.4 is 58.2 Å². The summed E-state index contributed by atoms with van der Waals surface area (Å²) in [5.41, 5.74) is 0. The maximum Gasteiger partial charge on any atom is 1.00 e. The quantitative estimate of drug-likeness (QED) is 0.380. The molecule has 1 atom stereocenters. The van der Waals surface area contributed by atoms with Crippen LogP contribution in [0.1, 0.15) is 1.43 Å². The van der Waals surface area contributed by atoms with Gasteiger partial charge in [0.2, 0.25) is 0 Å². The topological polar surface area (TPSA) is 60.4 Å². The summed E-state index contributed by atoms with van der Waals surface area (Å²) >= 11 is -2.86. The third kappa shape index (κ3) is 25.1. The average molecular weight is 168 g/mol. The largest absolute Gasteiger partial charge is 1.00 e. The van der Waals surface area contributed by atoms with E-state index in [9.17, 15) is 0 Å². The van der Waals surface area contributed by atoms with Crippen molar-refractivity contribution in [2.24, 2.45) is 0 Å². The van der Waals surface area contributed by atoms with Crippen molar-refractivity contribution in [2.75, 3.05) is 0 Å². The van der Waals surface area contributed by atoms with E-state index >= 15 is 0 Å². The predicted octanol–water partition coefficient (Wildman–Crippen LogP) is -3.54. The first-order chi connectivity index (χ1) is 1.73. The van der Waals surface area contributed by atoms with Crippen molar-refractivity contribution < 1.29 is 72.9 Å². The Hall–Kier alpha value is 1.88. The molecular formula is H2O3RbS-. The van der Waals surface area contributed by atoms with Gasteiger partial charge in [-0.3, -0.25) is 0 Å². The van der Waals surface area contributed by atoms with E-state index in [2.05, 4.69) is 0 Å². The molecule has 5 heteroatoms. The molecule has 0 saturated heterocycles. The van der Waals surface area contributed by atoms with Crippen molar-refractivity contribution in [3.05, 3.63) is 0 Å². The first kappa shape index (κ1) is 9.98. The summed E-state index contributed by atoms with van der Waals surface area (Å²) in [6, 6.07) is 0. The Bertz CT molecular complexity index is 33.8. The van der Waals surface area contributed by atoms with E-state index in [-0.39, 0.29) is 59.6 Å². The molecule has 0 aliphatic rings. The molecule has 0 radical (unpaired) electrons. The van der Waals surface area contributed by atoms with Gasteiger partial charge in [0.05, 0.1) is 11.4 Å². The zero-order chi connectivity index (χ0) is 3.58. The SMILES string of the molecule is O=S([O-])O.[H-].[Rb+]. The molecule has 1 N–H and O–H groups in total. The molecular weight excluding hydrogens is 166 g/mol. The minimum Gasteiger partial charge on any atom is -1.00 e. The van der Waals surface area contributed by atoms with Crippen LogP contribution >= 0.6 is 0 Å². The number of hydrogen-bond donors (Lipinski definition) is 1. The summed E-state index contributed by atoms with van der Waals surface area (Å²) in [5, 5.41) is 0. The molecule has 0 aliphatic heterocycles. The third-order valence-electron chi connectivity index (χ3n) is 0. The van der Waals surface area contributed by atoms with Crippen LogP contribution in [0, 0.1) is 0 Å². The Morgan fingerprint density at radius 3 is 2.00 bits per heavy atom. The van der Waals surface area contributed by atoms with Crippen molar-refractivity contribution in [3.8, 4) is 0 Å². The minimum atomic E-state index is -2.86. The monoisotopic (exact) mass is 167 g/mol. The van der Waals surface area contributed by atoms with Gasteiger partial charge in [-0.05, 0) is 0 Å². The molecule has 28 valence electrons. The van der Waals surface area contributed by atoms with Gasteiger partial charge in [0, 0.05) is 0 Å². The van der Waals surface area contributed by atoms with Crippen LogP contribution in [0.2, 0.25) is 0 Å². The van der Waals surface area contributed by atoms with Crippen LogP contribution in [0.15, 0.2) is 0 Å². The predicted molar refractivity (Wildman–Crippen MR) is 12.7 cm³/mol. The van der Waals surface area contributed by atoms with Crippen molar-refractivity contribution >= 4 is 11.4 Å². The molecule has 0 bridgehead atoms. The maximum atomic E-state index is 8.56. The fourth-order valence-electron chi connectivity index (χ4n) is 0. The smallest absolute Gasteiger partial charge is 1.00 e. The summed E-state index contributed by atoms with van der Waals surface area (Å²) in [6.07, 6.45) is 0. The summed E-state index contributed by atoms with van der Waals surface area (Å²) in [5.74, 6) is 0. The summed E-state index contributed by atoms with van der Waals surface area (Å²) in [7, 11) is 0. The molecule has 0 aliphatic carbocycles. The molecule has 0 fully saturated rings. The van der Waals surface area contributed by atoms with E-state index in [1.807, 2.05) is 0 Å². The van der Waals surface area contributed by atoms with E-state index in [0.29, 0.717) is 0 Å². The fourth-order valence-corrected chi connectivity index (χ4v) is 0. The minimum absolute atomic E-state index is 0. The van der Waals surface area contributed by atoms with Gasteiger partial charge in [0.15, 0.2) is 0 Å². The van der Waals surface area contributed by atoms with Gasteiger partial charge in [-0.25, -0.2) is 4.21 Å². The molecule has 0 aromatic heterocycles. The van der Waals surface area contributed by atoms with Crippen LogP contribution in [0.4, 0.5) is 0 Å². The molecule has 0 heterocycles. The number of hydrogen-bond acceptors (Lipinski definition) is 2. The third-order valence-corrected chi connectivity index (χ3v) is 0.